The molecule has 1 aliphatic rings. The highest BCUT2D eigenvalue weighted by Crippen LogP contribution is 2.17. The number of nitrogens with one attached hydrogen (secondary N) is 1. The highest BCUT2D eigenvalue weighted by atomic mass is 16.5. The molecule has 1 atom stereocenters. The molecule has 7 nitrogen and oxygen atoms in total. The lowest BCUT2D eigenvalue weighted by molar-refractivity contribution is 0.276. The van der Waals surface area contributed by atoms with Crippen LogP contribution in [0.5, 0.6) is 12.0 Å². The molecule has 19 heavy (non-hydrogen) atoms. The fourth-order valence-electron chi connectivity index (χ4n) is 2.35. The van der Waals surface area contributed by atoms with Crippen LogP contribution in [0.3, 0.4) is 0 Å². The van der Waals surface area contributed by atoms with Crippen LogP contribution in [0.2, 0.25) is 0 Å². The molecule has 1 N–H and O–H groups in total. The van der Waals surface area contributed by atoms with Crippen LogP contribution in [0, 0.1) is 0 Å². The first kappa shape index (κ1) is 13.8. The predicted molar refractivity (Wildman–Crippen MR) is 71.7 cm³/mol. The third kappa shape index (κ3) is 3.44. The molecule has 0 aliphatic carbocycles. The summed E-state index contributed by atoms with van der Waals surface area (Å²) < 4.78 is 10.0. The summed E-state index contributed by atoms with van der Waals surface area (Å²) in [4.78, 5) is 14.7. The Balaban J connectivity index is 1.98. The summed E-state index contributed by atoms with van der Waals surface area (Å²) >= 11 is 0. The SMILES string of the molecule is CCN1CCCC1CNc1nc(OC)nc(OC)n1. The van der Waals surface area contributed by atoms with Gasteiger partial charge in [0.15, 0.2) is 0 Å². The van der Waals surface area contributed by atoms with E-state index in [9.17, 15) is 0 Å². The maximum Gasteiger partial charge on any atom is 0.324 e. The van der Waals surface area contributed by atoms with Gasteiger partial charge in [0.1, 0.15) is 0 Å². The number of ether oxygens (including phenoxy) is 2. The van der Waals surface area contributed by atoms with Crippen molar-refractivity contribution in [3.8, 4) is 12.0 Å². The Morgan fingerprint density at radius 3 is 2.47 bits per heavy atom. The Bertz CT molecular complexity index is 393. The molecular formula is C12H21N5O2. The molecule has 1 aliphatic heterocycles. The van der Waals surface area contributed by atoms with Crippen molar-refractivity contribution in [1.82, 2.24) is 19.9 Å². The minimum atomic E-state index is 0.258. The van der Waals surface area contributed by atoms with Crippen LogP contribution in [0.25, 0.3) is 0 Å². The fourth-order valence-corrected chi connectivity index (χ4v) is 2.35. The molecule has 0 aromatic carbocycles. The molecular weight excluding hydrogens is 246 g/mol. The molecule has 1 fully saturated rings. The Morgan fingerprint density at radius 2 is 1.89 bits per heavy atom. The third-order valence-electron chi connectivity index (χ3n) is 3.36. The van der Waals surface area contributed by atoms with Gasteiger partial charge in [-0.3, -0.25) is 4.90 Å². The summed E-state index contributed by atoms with van der Waals surface area (Å²) in [6, 6.07) is 1.06. The quantitative estimate of drug-likeness (QED) is 0.816. The molecule has 2 rings (SSSR count). The van der Waals surface area contributed by atoms with Crippen LogP contribution >= 0.6 is 0 Å². The van der Waals surface area contributed by atoms with Crippen LogP contribution in [0.15, 0.2) is 0 Å². The number of likely N-dealkylation sites (tertiary alicyclic amines) is 1. The van der Waals surface area contributed by atoms with E-state index in [1.165, 1.54) is 33.6 Å². The lowest BCUT2D eigenvalue weighted by atomic mass is 10.2. The standard InChI is InChI=1S/C12H21N5O2/c1-4-17-7-5-6-9(17)8-13-10-14-11(18-2)16-12(15-10)19-3/h9H,4-8H2,1-3H3,(H,13,14,15,16). The smallest absolute Gasteiger partial charge is 0.324 e. The van der Waals surface area contributed by atoms with Crippen LogP contribution in [-0.4, -0.2) is 59.7 Å². The van der Waals surface area contributed by atoms with Gasteiger partial charge >= 0.3 is 12.0 Å². The zero-order chi connectivity index (χ0) is 13.7. The highest BCUT2D eigenvalue weighted by Gasteiger charge is 2.22. The Labute approximate surface area is 113 Å². The van der Waals surface area contributed by atoms with E-state index in [2.05, 4.69) is 32.1 Å². The maximum absolute atomic E-state index is 5.02. The molecule has 1 aromatic rings. The number of hydrogen-bond donors (Lipinski definition) is 1. The van der Waals surface area contributed by atoms with E-state index >= 15 is 0 Å². The molecule has 0 bridgehead atoms. The van der Waals surface area contributed by atoms with E-state index in [0.717, 1.165) is 13.1 Å². The van der Waals surface area contributed by atoms with Crippen molar-refractivity contribution in [2.75, 3.05) is 39.2 Å². The number of aromatic nitrogens is 3. The predicted octanol–water partition coefficient (Wildman–Crippen LogP) is 0.785. The first-order chi connectivity index (χ1) is 9.26. The van der Waals surface area contributed by atoms with E-state index in [-0.39, 0.29) is 12.0 Å². The first-order valence-electron chi connectivity index (χ1n) is 6.58. The lowest BCUT2D eigenvalue weighted by Gasteiger charge is -2.22. The summed E-state index contributed by atoms with van der Waals surface area (Å²) in [7, 11) is 3.04. The zero-order valence-corrected chi connectivity index (χ0v) is 11.7. The van der Waals surface area contributed by atoms with Crippen LogP contribution in [0.4, 0.5) is 5.95 Å². The van der Waals surface area contributed by atoms with Crippen molar-refractivity contribution in [2.45, 2.75) is 25.8 Å². The van der Waals surface area contributed by atoms with Crippen LogP contribution in [0.1, 0.15) is 19.8 Å². The second-order valence-electron chi connectivity index (χ2n) is 4.44. The van der Waals surface area contributed by atoms with E-state index in [0.29, 0.717) is 12.0 Å². The normalized spacial score (nSPS) is 19.4. The molecule has 1 saturated heterocycles. The topological polar surface area (TPSA) is 72.4 Å². The van der Waals surface area contributed by atoms with Gasteiger partial charge in [0.25, 0.3) is 0 Å². The molecule has 0 radical (unpaired) electrons. The largest absolute Gasteiger partial charge is 0.467 e. The first-order valence-corrected chi connectivity index (χ1v) is 6.58. The minimum Gasteiger partial charge on any atom is -0.467 e. The van der Waals surface area contributed by atoms with E-state index < -0.39 is 0 Å². The van der Waals surface area contributed by atoms with Crippen LogP contribution in [-0.2, 0) is 0 Å². The average Bonchev–Trinajstić information content (AvgIpc) is 2.92. The van der Waals surface area contributed by atoms with E-state index in [4.69, 9.17) is 9.47 Å². The molecule has 1 aromatic heterocycles. The van der Waals surface area contributed by atoms with Gasteiger partial charge in [0, 0.05) is 12.6 Å². The second-order valence-corrected chi connectivity index (χ2v) is 4.44. The van der Waals surface area contributed by atoms with Gasteiger partial charge in [-0.25, -0.2) is 0 Å². The number of nitrogens with zero attached hydrogens (tertiary/aromatic N) is 4. The van der Waals surface area contributed by atoms with Gasteiger partial charge in [-0.2, -0.15) is 9.97 Å². The number of likely N-dealkylation sites (N-methyl/N-ethyl adjacent to an activating group) is 1. The highest BCUT2D eigenvalue weighted by molar-refractivity contribution is 5.27. The number of anilines is 1. The molecule has 1 unspecified atom stereocenters. The molecule has 7 heteroatoms. The van der Waals surface area contributed by atoms with E-state index in [1.54, 1.807) is 0 Å². The van der Waals surface area contributed by atoms with Crippen molar-refractivity contribution < 1.29 is 9.47 Å². The van der Waals surface area contributed by atoms with Gasteiger partial charge in [0.2, 0.25) is 5.95 Å². The van der Waals surface area contributed by atoms with Gasteiger partial charge < -0.3 is 14.8 Å². The van der Waals surface area contributed by atoms with Gasteiger partial charge in [-0.05, 0) is 25.9 Å². The zero-order valence-electron chi connectivity index (χ0n) is 11.7. The fraction of sp³-hybridized carbons (Fsp3) is 0.750. The maximum atomic E-state index is 5.02. The summed E-state index contributed by atoms with van der Waals surface area (Å²) in [5.41, 5.74) is 0. The van der Waals surface area contributed by atoms with Crippen LogP contribution < -0.4 is 14.8 Å². The van der Waals surface area contributed by atoms with Crippen molar-refractivity contribution >= 4 is 5.95 Å². The molecule has 106 valence electrons. The molecule has 2 heterocycles. The van der Waals surface area contributed by atoms with Crippen molar-refractivity contribution in [3.05, 3.63) is 0 Å². The Morgan fingerprint density at radius 1 is 1.21 bits per heavy atom. The van der Waals surface area contributed by atoms with Crippen molar-refractivity contribution in [1.29, 1.82) is 0 Å². The number of rotatable bonds is 6. The minimum absolute atomic E-state index is 0.258. The third-order valence-corrected chi connectivity index (χ3v) is 3.36. The molecule has 0 spiro atoms. The second kappa shape index (κ2) is 6.51. The lowest BCUT2D eigenvalue weighted by Crippen LogP contribution is -2.35. The summed E-state index contributed by atoms with van der Waals surface area (Å²) in [5.74, 6) is 0.492. The van der Waals surface area contributed by atoms with Gasteiger partial charge in [-0.1, -0.05) is 6.92 Å². The molecule has 0 saturated carbocycles. The summed E-state index contributed by atoms with van der Waals surface area (Å²) in [6.07, 6.45) is 2.46. The van der Waals surface area contributed by atoms with Gasteiger partial charge in [0.05, 0.1) is 14.2 Å². The van der Waals surface area contributed by atoms with Crippen molar-refractivity contribution in [3.63, 3.8) is 0 Å². The molecule has 0 amide bonds. The Hall–Kier alpha value is -1.63. The van der Waals surface area contributed by atoms with Gasteiger partial charge in [-0.15, -0.1) is 4.98 Å². The number of hydrogen-bond acceptors (Lipinski definition) is 7. The van der Waals surface area contributed by atoms with E-state index in [1.807, 2.05) is 0 Å². The average molecular weight is 267 g/mol. The summed E-state index contributed by atoms with van der Waals surface area (Å²) in [5, 5.41) is 3.24. The van der Waals surface area contributed by atoms with Crippen molar-refractivity contribution in [2.24, 2.45) is 0 Å². The Kier molecular flexibility index (Phi) is 4.73. The summed E-state index contributed by atoms with van der Waals surface area (Å²) in [6.45, 7) is 5.26. The monoisotopic (exact) mass is 267 g/mol. The number of methoxy groups -OCH3 is 2.